The lowest BCUT2D eigenvalue weighted by molar-refractivity contribution is -0.120. The zero-order chi connectivity index (χ0) is 22.0. The number of amides is 2. The van der Waals surface area contributed by atoms with E-state index >= 15 is 0 Å². The monoisotopic (exact) mass is 458 g/mol. The summed E-state index contributed by atoms with van der Waals surface area (Å²) < 4.78 is 7.27. The van der Waals surface area contributed by atoms with E-state index in [1.807, 2.05) is 34.0 Å². The zero-order valence-corrected chi connectivity index (χ0v) is 18.2. The van der Waals surface area contributed by atoms with Crippen LogP contribution in [0.1, 0.15) is 10.4 Å². The van der Waals surface area contributed by atoms with Gasteiger partial charge in [0.1, 0.15) is 5.75 Å². The van der Waals surface area contributed by atoms with Gasteiger partial charge in [0.15, 0.2) is 0 Å². The summed E-state index contributed by atoms with van der Waals surface area (Å²) in [4.78, 5) is 26.5. The SMILES string of the molecule is COc1cc(-n2cccc2)c(Cl)cc1C(=O)Nc1ccc(N2CCNC(=O)C2)c(Cl)c1. The van der Waals surface area contributed by atoms with Crippen molar-refractivity contribution in [3.63, 3.8) is 0 Å². The number of nitrogens with one attached hydrogen (secondary N) is 2. The van der Waals surface area contributed by atoms with Crippen LogP contribution in [0, 0.1) is 0 Å². The Balaban J connectivity index is 1.56. The van der Waals surface area contributed by atoms with Crippen molar-refractivity contribution in [2.75, 3.05) is 37.0 Å². The molecule has 1 fully saturated rings. The third-order valence-corrected chi connectivity index (χ3v) is 5.59. The number of nitrogens with zero attached hydrogens (tertiary/aromatic N) is 2. The minimum Gasteiger partial charge on any atom is -0.496 e. The van der Waals surface area contributed by atoms with Gasteiger partial charge >= 0.3 is 0 Å². The summed E-state index contributed by atoms with van der Waals surface area (Å²) in [7, 11) is 1.50. The second-order valence-electron chi connectivity index (χ2n) is 6.99. The van der Waals surface area contributed by atoms with Crippen molar-refractivity contribution in [1.82, 2.24) is 9.88 Å². The summed E-state index contributed by atoms with van der Waals surface area (Å²) in [6, 6.07) is 12.2. The number of hydrogen-bond donors (Lipinski definition) is 2. The Morgan fingerprint density at radius 3 is 2.52 bits per heavy atom. The molecule has 31 heavy (non-hydrogen) atoms. The largest absolute Gasteiger partial charge is 0.496 e. The van der Waals surface area contributed by atoms with Gasteiger partial charge in [0.25, 0.3) is 5.91 Å². The molecule has 2 heterocycles. The number of ether oxygens (including phenoxy) is 1. The fourth-order valence-corrected chi connectivity index (χ4v) is 4.03. The van der Waals surface area contributed by atoms with Crippen molar-refractivity contribution >= 4 is 46.4 Å². The van der Waals surface area contributed by atoms with E-state index in [-0.39, 0.29) is 18.4 Å². The Hall–Kier alpha value is -3.16. The molecule has 0 bridgehead atoms. The van der Waals surface area contributed by atoms with Crippen molar-refractivity contribution in [3.05, 3.63) is 70.5 Å². The minimum atomic E-state index is -0.376. The van der Waals surface area contributed by atoms with Crippen LogP contribution < -0.4 is 20.3 Å². The predicted molar refractivity (Wildman–Crippen MR) is 122 cm³/mol. The van der Waals surface area contributed by atoms with E-state index in [2.05, 4.69) is 10.6 Å². The quantitative estimate of drug-likeness (QED) is 0.606. The van der Waals surface area contributed by atoms with Crippen LogP contribution in [0.2, 0.25) is 10.0 Å². The van der Waals surface area contributed by atoms with Gasteiger partial charge in [0.05, 0.1) is 40.6 Å². The highest BCUT2D eigenvalue weighted by Crippen LogP contribution is 2.32. The molecule has 4 rings (SSSR count). The predicted octanol–water partition coefficient (Wildman–Crippen LogP) is 3.98. The van der Waals surface area contributed by atoms with E-state index in [1.54, 1.807) is 30.3 Å². The molecule has 0 unspecified atom stereocenters. The molecule has 0 saturated carbocycles. The first-order chi connectivity index (χ1) is 15.0. The normalized spacial score (nSPS) is 13.6. The molecule has 1 aliphatic heterocycles. The maximum Gasteiger partial charge on any atom is 0.259 e. The molecule has 0 atom stereocenters. The maximum absolute atomic E-state index is 12.9. The summed E-state index contributed by atoms with van der Waals surface area (Å²) >= 11 is 12.9. The summed E-state index contributed by atoms with van der Waals surface area (Å²) in [6.07, 6.45) is 3.71. The van der Waals surface area contributed by atoms with Gasteiger partial charge in [-0.2, -0.15) is 0 Å². The molecular weight excluding hydrogens is 439 g/mol. The highest BCUT2D eigenvalue weighted by atomic mass is 35.5. The zero-order valence-electron chi connectivity index (χ0n) is 16.7. The number of methoxy groups -OCH3 is 1. The Kier molecular flexibility index (Phi) is 6.06. The first-order valence-electron chi connectivity index (χ1n) is 9.59. The van der Waals surface area contributed by atoms with Crippen molar-refractivity contribution < 1.29 is 14.3 Å². The Morgan fingerprint density at radius 1 is 1.10 bits per heavy atom. The Labute approximate surface area is 189 Å². The molecular formula is C22H20Cl2N4O3. The standard InChI is InChI=1S/C22H20Cl2N4O3/c1-31-20-12-19(27-7-2-3-8-27)17(24)11-15(20)22(30)26-14-4-5-18(16(23)10-14)28-9-6-25-21(29)13-28/h2-5,7-8,10-12H,6,9,13H2,1H3,(H,25,29)(H,26,30). The van der Waals surface area contributed by atoms with E-state index in [1.165, 1.54) is 7.11 Å². The van der Waals surface area contributed by atoms with E-state index in [4.69, 9.17) is 27.9 Å². The second-order valence-corrected chi connectivity index (χ2v) is 7.80. The topological polar surface area (TPSA) is 75.6 Å². The van der Waals surface area contributed by atoms with Gasteiger partial charge < -0.3 is 24.8 Å². The van der Waals surface area contributed by atoms with Gasteiger partial charge in [-0.3, -0.25) is 9.59 Å². The summed E-state index contributed by atoms with van der Waals surface area (Å²) in [6.45, 7) is 1.47. The molecule has 9 heteroatoms. The molecule has 0 spiro atoms. The van der Waals surface area contributed by atoms with Crippen LogP contribution >= 0.6 is 23.2 Å². The molecule has 0 radical (unpaired) electrons. The van der Waals surface area contributed by atoms with Crippen LogP contribution in [-0.4, -0.2) is 43.1 Å². The van der Waals surface area contributed by atoms with Crippen LogP contribution in [0.4, 0.5) is 11.4 Å². The lowest BCUT2D eigenvalue weighted by Gasteiger charge is -2.29. The smallest absolute Gasteiger partial charge is 0.259 e. The van der Waals surface area contributed by atoms with Gasteiger partial charge in [0.2, 0.25) is 5.91 Å². The van der Waals surface area contributed by atoms with Gasteiger partial charge in [-0.25, -0.2) is 0 Å². The highest BCUT2D eigenvalue weighted by molar-refractivity contribution is 6.34. The van der Waals surface area contributed by atoms with Crippen molar-refractivity contribution in [3.8, 4) is 11.4 Å². The molecule has 3 aromatic rings. The van der Waals surface area contributed by atoms with Crippen LogP contribution in [0.3, 0.4) is 0 Å². The molecule has 7 nitrogen and oxygen atoms in total. The first kappa shape index (κ1) is 21.1. The van der Waals surface area contributed by atoms with E-state index in [9.17, 15) is 9.59 Å². The van der Waals surface area contributed by atoms with Gasteiger partial charge in [-0.1, -0.05) is 23.2 Å². The molecule has 2 amide bonds. The highest BCUT2D eigenvalue weighted by Gasteiger charge is 2.20. The van der Waals surface area contributed by atoms with Crippen molar-refractivity contribution in [2.24, 2.45) is 0 Å². The lowest BCUT2D eigenvalue weighted by atomic mass is 10.1. The third kappa shape index (κ3) is 4.47. The average Bonchev–Trinajstić information content (AvgIpc) is 3.28. The number of carbonyl (C=O) groups excluding carboxylic acids is 2. The van der Waals surface area contributed by atoms with Crippen molar-refractivity contribution in [1.29, 1.82) is 0 Å². The van der Waals surface area contributed by atoms with E-state index < -0.39 is 0 Å². The molecule has 0 aliphatic carbocycles. The molecule has 2 N–H and O–H groups in total. The second kappa shape index (κ2) is 8.91. The lowest BCUT2D eigenvalue weighted by Crippen LogP contribution is -2.47. The summed E-state index contributed by atoms with van der Waals surface area (Å²) in [5, 5.41) is 6.47. The molecule has 1 aliphatic rings. The summed E-state index contributed by atoms with van der Waals surface area (Å²) in [5.41, 5.74) is 2.27. The fraction of sp³-hybridized carbons (Fsp3) is 0.182. The third-order valence-electron chi connectivity index (χ3n) is 4.98. The van der Waals surface area contributed by atoms with Crippen LogP contribution in [0.15, 0.2) is 54.9 Å². The van der Waals surface area contributed by atoms with Crippen molar-refractivity contribution in [2.45, 2.75) is 0 Å². The van der Waals surface area contributed by atoms with Crippen LogP contribution in [0.5, 0.6) is 5.75 Å². The average molecular weight is 459 g/mol. The molecule has 160 valence electrons. The van der Waals surface area contributed by atoms with E-state index in [0.717, 1.165) is 5.69 Å². The number of hydrogen-bond acceptors (Lipinski definition) is 4. The number of carbonyl (C=O) groups is 2. The Morgan fingerprint density at radius 2 is 1.84 bits per heavy atom. The van der Waals surface area contributed by atoms with E-state index in [0.29, 0.717) is 45.8 Å². The van der Waals surface area contributed by atoms with Crippen LogP contribution in [-0.2, 0) is 4.79 Å². The fourth-order valence-electron chi connectivity index (χ4n) is 3.47. The number of aromatic nitrogens is 1. The summed E-state index contributed by atoms with van der Waals surface area (Å²) in [5.74, 6) is -0.0290. The molecule has 2 aromatic carbocycles. The number of anilines is 2. The van der Waals surface area contributed by atoms with Gasteiger partial charge in [-0.15, -0.1) is 0 Å². The van der Waals surface area contributed by atoms with Gasteiger partial charge in [0, 0.05) is 37.2 Å². The Bertz CT molecular complexity index is 1130. The molecule has 1 saturated heterocycles. The number of piperazine rings is 1. The maximum atomic E-state index is 12.9. The number of halogens is 2. The van der Waals surface area contributed by atoms with Crippen LogP contribution in [0.25, 0.3) is 5.69 Å². The molecule has 1 aromatic heterocycles. The van der Waals surface area contributed by atoms with Gasteiger partial charge in [-0.05, 0) is 36.4 Å². The number of rotatable bonds is 5. The minimum absolute atomic E-state index is 0.0490. The first-order valence-corrected chi connectivity index (χ1v) is 10.4. The number of benzene rings is 2.